The highest BCUT2D eigenvalue weighted by Gasteiger charge is 2.54. The molecule has 9 heteroatoms. The Morgan fingerprint density at radius 3 is 2.69 bits per heavy atom. The maximum absolute atomic E-state index is 13.3. The fourth-order valence-corrected chi connectivity index (χ4v) is 4.32. The number of carbonyl (C=O) groups excluding carboxylic acids is 2. The van der Waals surface area contributed by atoms with Gasteiger partial charge in [-0.3, -0.25) is 9.59 Å². The van der Waals surface area contributed by atoms with E-state index in [1.54, 1.807) is 0 Å². The van der Waals surface area contributed by atoms with Crippen LogP contribution in [0.3, 0.4) is 0 Å². The van der Waals surface area contributed by atoms with E-state index >= 15 is 0 Å². The van der Waals surface area contributed by atoms with Gasteiger partial charge in [0, 0.05) is 6.07 Å². The van der Waals surface area contributed by atoms with E-state index < -0.39 is 23.3 Å². The minimum Gasteiger partial charge on any atom is -0.458 e. The summed E-state index contributed by atoms with van der Waals surface area (Å²) in [5.41, 5.74) is -1.45. The Balaban J connectivity index is 1.54. The summed E-state index contributed by atoms with van der Waals surface area (Å²) in [6.07, 6.45) is 0.0183. The van der Waals surface area contributed by atoms with Crippen molar-refractivity contribution in [3.63, 3.8) is 0 Å². The van der Waals surface area contributed by atoms with Crippen LogP contribution in [-0.2, 0) is 27.0 Å². The Bertz CT molecular complexity index is 932. The van der Waals surface area contributed by atoms with Crippen molar-refractivity contribution >= 4 is 17.7 Å². The number of rotatable bonds is 4. The Kier molecular flexibility index (Phi) is 4.84. The third kappa shape index (κ3) is 3.73. The molecule has 1 aliphatic carbocycles. The van der Waals surface area contributed by atoms with E-state index in [1.807, 2.05) is 0 Å². The van der Waals surface area contributed by atoms with E-state index in [1.165, 1.54) is 35.1 Å². The fraction of sp³-hybridized carbons (Fsp3) is 0.450. The summed E-state index contributed by atoms with van der Waals surface area (Å²) in [6, 6.07) is 6.77. The van der Waals surface area contributed by atoms with E-state index in [9.17, 15) is 22.8 Å². The van der Waals surface area contributed by atoms with E-state index in [0.29, 0.717) is 12.8 Å². The lowest BCUT2D eigenvalue weighted by Gasteiger charge is -2.27. The monoisotopic (exact) mass is 407 g/mol. The lowest BCUT2D eigenvalue weighted by atomic mass is 9.85. The summed E-state index contributed by atoms with van der Waals surface area (Å²) in [4.78, 5) is 24.7. The molecular formula is C20H20F3N3O3. The predicted molar refractivity (Wildman–Crippen MR) is 96.8 cm³/mol. The molecule has 0 radical (unpaired) electrons. The van der Waals surface area contributed by atoms with Crippen molar-refractivity contribution < 1.29 is 27.5 Å². The van der Waals surface area contributed by atoms with Crippen molar-refractivity contribution in [2.45, 2.75) is 50.4 Å². The number of nitrogens with zero attached hydrogens (tertiary/aromatic N) is 2. The predicted octanol–water partition coefficient (Wildman–Crippen LogP) is 3.76. The van der Waals surface area contributed by atoms with Gasteiger partial charge in [-0.05, 0) is 37.3 Å². The summed E-state index contributed by atoms with van der Waals surface area (Å²) >= 11 is 0. The lowest BCUT2D eigenvalue weighted by Crippen LogP contribution is -2.40. The van der Waals surface area contributed by atoms with Crippen molar-refractivity contribution in [2.24, 2.45) is 5.92 Å². The number of nitrogens with one attached hydrogen (secondary N) is 1. The van der Waals surface area contributed by atoms with Crippen LogP contribution in [0.5, 0.6) is 0 Å². The molecule has 2 heterocycles. The molecule has 2 aromatic rings. The Morgan fingerprint density at radius 2 is 1.97 bits per heavy atom. The average Bonchev–Trinajstić information content (AvgIpc) is 3.37. The quantitative estimate of drug-likeness (QED) is 0.784. The Labute approximate surface area is 165 Å². The van der Waals surface area contributed by atoms with Crippen LogP contribution < -0.4 is 5.32 Å². The molecule has 1 atom stereocenters. The number of hydrogen-bond acceptors (Lipinski definition) is 4. The third-order valence-corrected chi connectivity index (χ3v) is 5.70. The smallest absolute Gasteiger partial charge is 0.416 e. The highest BCUT2D eigenvalue weighted by molar-refractivity contribution is 5.96. The third-order valence-electron chi connectivity index (χ3n) is 5.70. The molecular weight excluding hydrogens is 387 g/mol. The van der Waals surface area contributed by atoms with Crippen LogP contribution in [0.15, 0.2) is 36.5 Å². The van der Waals surface area contributed by atoms with Gasteiger partial charge in [-0.1, -0.05) is 18.2 Å². The average molecular weight is 407 g/mol. The van der Waals surface area contributed by atoms with Gasteiger partial charge in [0.2, 0.25) is 5.91 Å². The summed E-state index contributed by atoms with van der Waals surface area (Å²) in [6.45, 7) is -0.149. The van der Waals surface area contributed by atoms with Gasteiger partial charge >= 0.3 is 12.1 Å². The standard InChI is InChI=1S/C20H20F3N3O3/c21-20(22,23)14-6-2-1-5-13(14)12-26-16(7-10-24-26)25-18(28)15-11-17(27)29-19(15)8-3-4-9-19/h1-2,5-7,10,15H,3-4,8-9,11-12H2,(H,25,28). The number of ether oxygens (including phenoxy) is 1. The van der Waals surface area contributed by atoms with Gasteiger partial charge in [-0.25, -0.2) is 4.68 Å². The van der Waals surface area contributed by atoms with Gasteiger partial charge in [0.1, 0.15) is 11.4 Å². The number of hydrogen-bond donors (Lipinski definition) is 1. The lowest BCUT2D eigenvalue weighted by molar-refractivity contribution is -0.149. The first-order valence-electron chi connectivity index (χ1n) is 9.48. The highest BCUT2D eigenvalue weighted by Crippen LogP contribution is 2.46. The fourth-order valence-electron chi connectivity index (χ4n) is 4.32. The molecule has 1 unspecified atom stereocenters. The second kappa shape index (κ2) is 7.20. The molecule has 0 bridgehead atoms. The zero-order valence-corrected chi connectivity index (χ0v) is 15.5. The van der Waals surface area contributed by atoms with Gasteiger partial charge in [0.05, 0.1) is 30.6 Å². The molecule has 6 nitrogen and oxygen atoms in total. The number of anilines is 1. The van der Waals surface area contributed by atoms with Crippen LogP contribution in [-0.4, -0.2) is 27.3 Å². The van der Waals surface area contributed by atoms with Crippen molar-refractivity contribution in [1.82, 2.24) is 9.78 Å². The molecule has 1 aromatic heterocycles. The second-order valence-corrected chi connectivity index (χ2v) is 7.52. The van der Waals surface area contributed by atoms with Crippen molar-refractivity contribution in [2.75, 3.05) is 5.32 Å². The zero-order valence-electron chi connectivity index (χ0n) is 15.5. The summed E-state index contributed by atoms with van der Waals surface area (Å²) in [5.74, 6) is -1.09. The van der Waals surface area contributed by atoms with Gasteiger partial charge < -0.3 is 10.1 Å². The Morgan fingerprint density at radius 1 is 1.24 bits per heavy atom. The molecule has 1 aliphatic heterocycles. The van der Waals surface area contributed by atoms with Crippen LogP contribution in [0.1, 0.15) is 43.2 Å². The molecule has 1 saturated carbocycles. The number of amides is 1. The number of esters is 1. The van der Waals surface area contributed by atoms with Gasteiger partial charge in [0.15, 0.2) is 0 Å². The van der Waals surface area contributed by atoms with Gasteiger partial charge in [-0.15, -0.1) is 0 Å². The topological polar surface area (TPSA) is 73.2 Å². The maximum Gasteiger partial charge on any atom is 0.416 e. The maximum atomic E-state index is 13.3. The number of carbonyl (C=O) groups is 2. The molecule has 1 amide bonds. The van der Waals surface area contributed by atoms with Crippen LogP contribution in [0, 0.1) is 5.92 Å². The van der Waals surface area contributed by atoms with Crippen molar-refractivity contribution in [1.29, 1.82) is 0 Å². The molecule has 1 spiro atoms. The zero-order chi connectivity index (χ0) is 20.6. The van der Waals surface area contributed by atoms with Crippen LogP contribution in [0.25, 0.3) is 0 Å². The van der Waals surface area contributed by atoms with Crippen molar-refractivity contribution in [3.05, 3.63) is 47.7 Å². The number of halogens is 3. The summed E-state index contributed by atoms with van der Waals surface area (Å²) in [7, 11) is 0. The van der Waals surface area contributed by atoms with E-state index in [0.717, 1.165) is 18.9 Å². The molecule has 1 saturated heterocycles. The summed E-state index contributed by atoms with van der Waals surface area (Å²) in [5, 5.41) is 6.79. The number of aromatic nitrogens is 2. The normalized spacial score (nSPS) is 20.8. The minimum atomic E-state index is -4.48. The molecule has 1 aromatic carbocycles. The van der Waals surface area contributed by atoms with Crippen LogP contribution in [0.2, 0.25) is 0 Å². The molecule has 29 heavy (non-hydrogen) atoms. The minimum absolute atomic E-state index is 0.0108. The van der Waals surface area contributed by atoms with E-state index in [4.69, 9.17) is 4.74 Å². The molecule has 4 rings (SSSR count). The molecule has 154 valence electrons. The molecule has 2 fully saturated rings. The van der Waals surface area contributed by atoms with Crippen LogP contribution >= 0.6 is 0 Å². The van der Waals surface area contributed by atoms with Gasteiger partial charge in [0.25, 0.3) is 0 Å². The first kappa shape index (κ1) is 19.5. The largest absolute Gasteiger partial charge is 0.458 e. The molecule has 2 aliphatic rings. The second-order valence-electron chi connectivity index (χ2n) is 7.52. The van der Waals surface area contributed by atoms with Gasteiger partial charge in [-0.2, -0.15) is 18.3 Å². The Hall–Kier alpha value is -2.84. The number of alkyl halides is 3. The summed E-state index contributed by atoms with van der Waals surface area (Å²) < 4.78 is 46.6. The SMILES string of the molecule is O=C1CC(C(=O)Nc2ccnn2Cc2ccccc2C(F)(F)F)C2(CCCC2)O1. The van der Waals surface area contributed by atoms with E-state index in [2.05, 4.69) is 10.4 Å². The molecule has 1 N–H and O–H groups in total. The number of benzene rings is 1. The first-order chi connectivity index (χ1) is 13.8. The first-order valence-corrected chi connectivity index (χ1v) is 9.48. The van der Waals surface area contributed by atoms with E-state index in [-0.39, 0.29) is 36.2 Å². The van der Waals surface area contributed by atoms with Crippen molar-refractivity contribution in [3.8, 4) is 0 Å². The van der Waals surface area contributed by atoms with Crippen LogP contribution in [0.4, 0.5) is 19.0 Å². The highest BCUT2D eigenvalue weighted by atomic mass is 19.4.